The Bertz CT molecular complexity index is 649. The molecule has 0 atom stereocenters. The van der Waals surface area contributed by atoms with Crippen molar-refractivity contribution in [3.63, 3.8) is 0 Å². The number of ether oxygens (including phenoxy) is 1. The van der Waals surface area contributed by atoms with Gasteiger partial charge >= 0.3 is 6.18 Å². The lowest BCUT2D eigenvalue weighted by Crippen LogP contribution is -2.15. The molecule has 0 bridgehead atoms. The molecule has 19 heavy (non-hydrogen) atoms. The van der Waals surface area contributed by atoms with E-state index in [-0.39, 0.29) is 11.3 Å². The maximum absolute atomic E-state index is 12.9. The molecule has 2 rings (SSSR count). The van der Waals surface area contributed by atoms with E-state index in [1.54, 1.807) is 0 Å². The predicted octanol–water partition coefficient (Wildman–Crippen LogP) is 2.73. The Morgan fingerprint density at radius 1 is 1.37 bits per heavy atom. The highest BCUT2D eigenvalue weighted by molar-refractivity contribution is 5.87. The van der Waals surface area contributed by atoms with Crippen LogP contribution in [-0.2, 0) is 6.18 Å². The van der Waals surface area contributed by atoms with Gasteiger partial charge in [0.15, 0.2) is 0 Å². The van der Waals surface area contributed by atoms with Gasteiger partial charge in [0, 0.05) is 0 Å². The lowest BCUT2D eigenvalue weighted by atomic mass is 10.1. The van der Waals surface area contributed by atoms with Crippen LogP contribution in [0, 0.1) is 0 Å². The minimum atomic E-state index is -4.61. The summed E-state index contributed by atoms with van der Waals surface area (Å²) in [5, 5.41) is -0.497. The van der Waals surface area contributed by atoms with Crippen LogP contribution in [0.2, 0.25) is 0 Å². The van der Waals surface area contributed by atoms with Gasteiger partial charge in [-0.15, -0.1) is 0 Å². The number of hydrogen-bond donors (Lipinski definition) is 1. The second-order valence-electron chi connectivity index (χ2n) is 3.91. The molecule has 0 aliphatic heterocycles. The second kappa shape index (κ2) is 4.91. The van der Waals surface area contributed by atoms with E-state index in [2.05, 4.69) is 9.97 Å². The molecule has 4 nitrogen and oxygen atoms in total. The van der Waals surface area contributed by atoms with Crippen LogP contribution < -0.4 is 10.3 Å². The Kier molecular flexibility index (Phi) is 3.46. The van der Waals surface area contributed by atoms with Crippen LogP contribution in [0.4, 0.5) is 13.2 Å². The molecule has 102 valence electrons. The van der Waals surface area contributed by atoms with Crippen LogP contribution >= 0.6 is 0 Å². The van der Waals surface area contributed by atoms with Crippen molar-refractivity contribution in [2.24, 2.45) is 0 Å². The largest absolute Gasteiger partial charge is 0.491 e. The van der Waals surface area contributed by atoms with E-state index in [1.165, 1.54) is 6.07 Å². The Labute approximate surface area is 106 Å². The quantitative estimate of drug-likeness (QED) is 0.934. The van der Waals surface area contributed by atoms with Gasteiger partial charge in [-0.25, -0.2) is 4.98 Å². The molecule has 0 unspecified atom stereocenters. The molecule has 1 N–H and O–H groups in total. The molecule has 0 saturated heterocycles. The fraction of sp³-hybridized carbons (Fsp3) is 0.333. The lowest BCUT2D eigenvalue weighted by molar-refractivity contribution is -0.136. The second-order valence-corrected chi connectivity index (χ2v) is 3.91. The summed E-state index contributed by atoms with van der Waals surface area (Å²) in [5.41, 5.74) is -1.92. The summed E-state index contributed by atoms with van der Waals surface area (Å²) >= 11 is 0. The predicted molar refractivity (Wildman–Crippen MR) is 63.2 cm³/mol. The van der Waals surface area contributed by atoms with Gasteiger partial charge in [0.05, 0.1) is 23.9 Å². The number of H-pyrrole nitrogens is 1. The van der Waals surface area contributed by atoms with Crippen LogP contribution in [0.5, 0.6) is 5.75 Å². The third-order valence-electron chi connectivity index (χ3n) is 2.52. The van der Waals surface area contributed by atoms with Gasteiger partial charge in [-0.1, -0.05) is 6.92 Å². The Hall–Kier alpha value is -2.05. The lowest BCUT2D eigenvalue weighted by Gasteiger charge is -2.12. The Morgan fingerprint density at radius 2 is 2.11 bits per heavy atom. The first-order valence-electron chi connectivity index (χ1n) is 5.65. The average molecular weight is 272 g/mol. The first-order valence-corrected chi connectivity index (χ1v) is 5.65. The molecule has 0 amide bonds. The molecule has 0 aliphatic carbocycles. The van der Waals surface area contributed by atoms with Crippen LogP contribution in [-0.4, -0.2) is 16.6 Å². The molecule has 0 radical (unpaired) electrons. The number of alkyl halides is 3. The summed E-state index contributed by atoms with van der Waals surface area (Å²) in [6.07, 6.45) is -2.85. The number of hydrogen-bond acceptors (Lipinski definition) is 3. The van der Waals surface area contributed by atoms with E-state index >= 15 is 0 Å². The number of benzene rings is 1. The molecule has 0 aliphatic rings. The van der Waals surface area contributed by atoms with Crippen molar-refractivity contribution in [3.8, 4) is 5.75 Å². The molecule has 0 fully saturated rings. The van der Waals surface area contributed by atoms with Gasteiger partial charge in [-0.05, 0) is 18.6 Å². The van der Waals surface area contributed by atoms with Gasteiger partial charge in [0.1, 0.15) is 11.3 Å². The summed E-state index contributed by atoms with van der Waals surface area (Å²) < 4.78 is 43.9. The molecule has 0 saturated carbocycles. The smallest absolute Gasteiger partial charge is 0.417 e. The van der Waals surface area contributed by atoms with Crippen molar-refractivity contribution in [3.05, 3.63) is 34.4 Å². The third kappa shape index (κ3) is 2.54. The standard InChI is InChI=1S/C12H11F3N2O2/c1-2-5-19-8-4-3-7(12(13,14)15)9-10(8)16-6-17-11(9)18/h3-4,6H,2,5H2,1H3,(H,16,17,18). The summed E-state index contributed by atoms with van der Waals surface area (Å²) in [6, 6.07) is 2.03. The molecular formula is C12H11F3N2O2. The number of aromatic amines is 1. The number of fused-ring (bicyclic) bond motifs is 1. The van der Waals surface area contributed by atoms with Crippen molar-refractivity contribution < 1.29 is 17.9 Å². The van der Waals surface area contributed by atoms with E-state index < -0.39 is 22.7 Å². The average Bonchev–Trinajstić information content (AvgIpc) is 2.35. The van der Waals surface area contributed by atoms with Gasteiger partial charge in [-0.3, -0.25) is 4.79 Å². The van der Waals surface area contributed by atoms with E-state index in [0.717, 1.165) is 12.4 Å². The molecule has 7 heteroatoms. The molecular weight excluding hydrogens is 261 g/mol. The van der Waals surface area contributed by atoms with Gasteiger partial charge in [-0.2, -0.15) is 13.2 Å². The van der Waals surface area contributed by atoms with Gasteiger partial charge in [0.2, 0.25) is 0 Å². The number of rotatable bonds is 3. The fourth-order valence-corrected chi connectivity index (χ4v) is 1.72. The summed E-state index contributed by atoms with van der Waals surface area (Å²) in [5.74, 6) is 0.177. The molecule has 2 aromatic rings. The third-order valence-corrected chi connectivity index (χ3v) is 2.52. The van der Waals surface area contributed by atoms with Gasteiger partial charge < -0.3 is 9.72 Å². The molecule has 0 spiro atoms. The fourth-order valence-electron chi connectivity index (χ4n) is 1.72. The Balaban J connectivity index is 2.73. The minimum absolute atomic E-state index is 0.0768. The number of nitrogens with one attached hydrogen (secondary N) is 1. The summed E-state index contributed by atoms with van der Waals surface area (Å²) in [4.78, 5) is 17.6. The minimum Gasteiger partial charge on any atom is -0.491 e. The maximum Gasteiger partial charge on any atom is 0.417 e. The number of halogens is 3. The zero-order valence-electron chi connectivity index (χ0n) is 10.0. The highest BCUT2D eigenvalue weighted by Crippen LogP contribution is 2.35. The zero-order valence-corrected chi connectivity index (χ0v) is 10.0. The van der Waals surface area contributed by atoms with Crippen molar-refractivity contribution in [1.82, 2.24) is 9.97 Å². The first kappa shape index (κ1) is 13.4. The molecule has 1 heterocycles. The summed E-state index contributed by atoms with van der Waals surface area (Å²) in [6.45, 7) is 2.21. The monoisotopic (exact) mass is 272 g/mol. The van der Waals surface area contributed by atoms with E-state index in [0.29, 0.717) is 13.0 Å². The molecule has 1 aromatic carbocycles. The maximum atomic E-state index is 12.9. The number of nitrogens with zero attached hydrogens (tertiary/aromatic N) is 1. The van der Waals surface area contributed by atoms with Crippen LogP contribution in [0.3, 0.4) is 0 Å². The first-order chi connectivity index (χ1) is 8.95. The van der Waals surface area contributed by atoms with Crippen molar-refractivity contribution >= 4 is 10.9 Å². The topological polar surface area (TPSA) is 55.0 Å². The van der Waals surface area contributed by atoms with Crippen molar-refractivity contribution in [2.75, 3.05) is 6.61 Å². The van der Waals surface area contributed by atoms with Crippen LogP contribution in [0.15, 0.2) is 23.3 Å². The van der Waals surface area contributed by atoms with E-state index in [9.17, 15) is 18.0 Å². The molecule has 1 aromatic heterocycles. The zero-order chi connectivity index (χ0) is 14.0. The highest BCUT2D eigenvalue weighted by Gasteiger charge is 2.34. The normalized spacial score (nSPS) is 11.8. The summed E-state index contributed by atoms with van der Waals surface area (Å²) in [7, 11) is 0. The van der Waals surface area contributed by atoms with Crippen LogP contribution in [0.1, 0.15) is 18.9 Å². The van der Waals surface area contributed by atoms with E-state index in [1.807, 2.05) is 6.92 Å². The van der Waals surface area contributed by atoms with Crippen molar-refractivity contribution in [2.45, 2.75) is 19.5 Å². The van der Waals surface area contributed by atoms with E-state index in [4.69, 9.17) is 4.74 Å². The van der Waals surface area contributed by atoms with Crippen molar-refractivity contribution in [1.29, 1.82) is 0 Å². The highest BCUT2D eigenvalue weighted by atomic mass is 19.4. The SMILES string of the molecule is CCCOc1ccc(C(F)(F)F)c2c(=O)[nH]cnc12. The number of aromatic nitrogens is 2. The Morgan fingerprint density at radius 3 is 2.74 bits per heavy atom. The van der Waals surface area contributed by atoms with Crippen LogP contribution in [0.25, 0.3) is 10.9 Å². The van der Waals surface area contributed by atoms with Gasteiger partial charge in [0.25, 0.3) is 5.56 Å².